The smallest absolute Gasteiger partial charge is 0.255 e. The van der Waals surface area contributed by atoms with Crippen molar-refractivity contribution in [3.8, 4) is 5.75 Å². The highest BCUT2D eigenvalue weighted by molar-refractivity contribution is 6.05. The lowest BCUT2D eigenvalue weighted by Gasteiger charge is -2.20. The van der Waals surface area contributed by atoms with Gasteiger partial charge in [-0.1, -0.05) is 31.4 Å². The fourth-order valence-corrected chi connectivity index (χ4v) is 3.47. The lowest BCUT2D eigenvalue weighted by Crippen LogP contribution is -2.24. The van der Waals surface area contributed by atoms with E-state index in [0.717, 1.165) is 25.7 Å². The van der Waals surface area contributed by atoms with Crippen molar-refractivity contribution in [3.05, 3.63) is 54.1 Å². The summed E-state index contributed by atoms with van der Waals surface area (Å²) in [6, 6.07) is 14.4. The number of ether oxygens (including phenoxy) is 1. The molecule has 0 atom stereocenters. The summed E-state index contributed by atoms with van der Waals surface area (Å²) in [7, 11) is 0. The quantitative estimate of drug-likeness (QED) is 0.720. The van der Waals surface area contributed by atoms with Gasteiger partial charge in [-0.3, -0.25) is 9.59 Å². The van der Waals surface area contributed by atoms with Gasteiger partial charge >= 0.3 is 0 Å². The van der Waals surface area contributed by atoms with Crippen LogP contribution in [0, 0.1) is 5.92 Å². The van der Waals surface area contributed by atoms with Crippen molar-refractivity contribution < 1.29 is 14.3 Å². The molecule has 2 N–H and O–H groups in total. The van der Waals surface area contributed by atoms with Gasteiger partial charge in [-0.15, -0.1) is 0 Å². The van der Waals surface area contributed by atoms with Crippen LogP contribution in [0.3, 0.4) is 0 Å². The Morgan fingerprint density at radius 1 is 0.929 bits per heavy atom. The van der Waals surface area contributed by atoms with E-state index in [1.807, 2.05) is 38.1 Å². The minimum Gasteiger partial charge on any atom is -0.491 e. The van der Waals surface area contributed by atoms with Gasteiger partial charge in [-0.05, 0) is 63.1 Å². The summed E-state index contributed by atoms with van der Waals surface area (Å²) in [5.74, 6) is 0.610. The molecule has 5 heteroatoms. The molecule has 1 saturated carbocycles. The fourth-order valence-electron chi connectivity index (χ4n) is 3.47. The lowest BCUT2D eigenvalue weighted by atomic mass is 9.88. The van der Waals surface area contributed by atoms with Crippen LogP contribution in [0.2, 0.25) is 0 Å². The van der Waals surface area contributed by atoms with E-state index in [1.165, 1.54) is 6.42 Å². The third-order valence-corrected chi connectivity index (χ3v) is 4.83. The summed E-state index contributed by atoms with van der Waals surface area (Å²) < 4.78 is 5.65. The van der Waals surface area contributed by atoms with Gasteiger partial charge < -0.3 is 15.4 Å². The molecule has 0 unspecified atom stereocenters. The number of amides is 2. The number of carbonyl (C=O) groups is 2. The molecule has 0 aliphatic heterocycles. The summed E-state index contributed by atoms with van der Waals surface area (Å²) in [5.41, 5.74) is 1.86. The van der Waals surface area contributed by atoms with Gasteiger partial charge in [-0.25, -0.2) is 0 Å². The van der Waals surface area contributed by atoms with Gasteiger partial charge in [0, 0.05) is 22.9 Å². The Kier molecular flexibility index (Phi) is 6.69. The average molecular weight is 380 g/mol. The molecule has 1 aliphatic rings. The first-order valence-electron chi connectivity index (χ1n) is 10.0. The monoisotopic (exact) mass is 380 g/mol. The molecule has 3 rings (SSSR count). The van der Waals surface area contributed by atoms with Crippen LogP contribution in [-0.4, -0.2) is 17.9 Å². The molecule has 2 aromatic rings. The first-order chi connectivity index (χ1) is 13.5. The number of benzene rings is 2. The molecule has 0 heterocycles. The normalized spacial score (nSPS) is 14.5. The summed E-state index contributed by atoms with van der Waals surface area (Å²) in [6.07, 6.45) is 5.41. The number of anilines is 2. The van der Waals surface area contributed by atoms with Crippen molar-refractivity contribution in [3.63, 3.8) is 0 Å². The van der Waals surface area contributed by atoms with Crippen molar-refractivity contribution in [2.45, 2.75) is 52.1 Å². The van der Waals surface area contributed by atoms with Gasteiger partial charge in [0.15, 0.2) is 0 Å². The molecule has 0 radical (unpaired) electrons. The van der Waals surface area contributed by atoms with Gasteiger partial charge in [0.2, 0.25) is 5.91 Å². The third-order valence-electron chi connectivity index (χ3n) is 4.83. The standard InChI is InChI=1S/C23H28N2O3/c1-16(2)28-21-13-6-10-18(14-21)23(27)25-20-12-7-11-19(15-20)24-22(26)17-8-4-3-5-9-17/h6-7,10-17H,3-5,8-9H2,1-2H3,(H,24,26)(H,25,27). The van der Waals surface area contributed by atoms with E-state index in [-0.39, 0.29) is 23.8 Å². The van der Waals surface area contributed by atoms with Crippen molar-refractivity contribution in [2.75, 3.05) is 10.6 Å². The van der Waals surface area contributed by atoms with Crippen LogP contribution in [0.25, 0.3) is 0 Å². The van der Waals surface area contributed by atoms with Gasteiger partial charge in [0.1, 0.15) is 5.75 Å². The summed E-state index contributed by atoms with van der Waals surface area (Å²) in [6.45, 7) is 3.89. The average Bonchev–Trinajstić information content (AvgIpc) is 2.68. The first-order valence-corrected chi connectivity index (χ1v) is 10.0. The van der Waals surface area contributed by atoms with Crippen LogP contribution in [0.5, 0.6) is 5.75 Å². The second-order valence-electron chi connectivity index (χ2n) is 7.55. The van der Waals surface area contributed by atoms with E-state index in [9.17, 15) is 9.59 Å². The number of carbonyl (C=O) groups excluding carboxylic acids is 2. The predicted octanol–water partition coefficient (Wildman–Crippen LogP) is 5.24. The maximum atomic E-state index is 12.6. The Morgan fingerprint density at radius 3 is 2.32 bits per heavy atom. The zero-order valence-corrected chi connectivity index (χ0v) is 16.5. The molecule has 0 aromatic heterocycles. The Morgan fingerprint density at radius 2 is 1.61 bits per heavy atom. The second kappa shape index (κ2) is 9.40. The first kappa shape index (κ1) is 19.9. The van der Waals surface area contributed by atoms with E-state index >= 15 is 0 Å². The summed E-state index contributed by atoms with van der Waals surface area (Å²) >= 11 is 0. The van der Waals surface area contributed by atoms with Crippen molar-refractivity contribution in [2.24, 2.45) is 5.92 Å². The highest BCUT2D eigenvalue weighted by atomic mass is 16.5. The van der Waals surface area contributed by atoms with Crippen molar-refractivity contribution in [1.29, 1.82) is 0 Å². The van der Waals surface area contributed by atoms with Crippen LogP contribution >= 0.6 is 0 Å². The second-order valence-corrected chi connectivity index (χ2v) is 7.55. The van der Waals surface area contributed by atoms with E-state index in [4.69, 9.17) is 4.74 Å². The van der Waals surface area contributed by atoms with E-state index < -0.39 is 0 Å². The molecule has 0 spiro atoms. The van der Waals surface area contributed by atoms with Crippen LogP contribution in [-0.2, 0) is 4.79 Å². The topological polar surface area (TPSA) is 67.4 Å². The highest BCUT2D eigenvalue weighted by Gasteiger charge is 2.21. The largest absolute Gasteiger partial charge is 0.491 e. The van der Waals surface area contributed by atoms with Gasteiger partial charge in [-0.2, -0.15) is 0 Å². The molecule has 1 aliphatic carbocycles. The molecule has 0 bridgehead atoms. The molecule has 28 heavy (non-hydrogen) atoms. The van der Waals surface area contributed by atoms with Gasteiger partial charge in [0.25, 0.3) is 5.91 Å². The number of nitrogens with one attached hydrogen (secondary N) is 2. The molecule has 1 fully saturated rings. The van der Waals surface area contributed by atoms with Crippen LogP contribution in [0.4, 0.5) is 11.4 Å². The molecule has 2 amide bonds. The zero-order valence-electron chi connectivity index (χ0n) is 16.5. The lowest BCUT2D eigenvalue weighted by molar-refractivity contribution is -0.120. The fraction of sp³-hybridized carbons (Fsp3) is 0.391. The minimum absolute atomic E-state index is 0.0442. The highest BCUT2D eigenvalue weighted by Crippen LogP contribution is 2.25. The SMILES string of the molecule is CC(C)Oc1cccc(C(=O)Nc2cccc(NC(=O)C3CCCCC3)c2)c1. The molecule has 148 valence electrons. The summed E-state index contributed by atoms with van der Waals surface area (Å²) in [4.78, 5) is 25.0. The number of hydrogen-bond donors (Lipinski definition) is 2. The van der Waals surface area contributed by atoms with Crippen molar-refractivity contribution >= 4 is 23.2 Å². The van der Waals surface area contributed by atoms with Crippen LogP contribution < -0.4 is 15.4 Å². The molecule has 5 nitrogen and oxygen atoms in total. The van der Waals surface area contributed by atoms with E-state index in [0.29, 0.717) is 22.7 Å². The van der Waals surface area contributed by atoms with E-state index in [1.54, 1.807) is 24.3 Å². The van der Waals surface area contributed by atoms with Crippen LogP contribution in [0.1, 0.15) is 56.3 Å². The Bertz CT molecular complexity index is 826. The molecule has 0 saturated heterocycles. The molecular formula is C23H28N2O3. The molecule has 2 aromatic carbocycles. The Hall–Kier alpha value is -2.82. The van der Waals surface area contributed by atoms with E-state index in [2.05, 4.69) is 10.6 Å². The number of rotatable bonds is 6. The number of hydrogen-bond acceptors (Lipinski definition) is 3. The zero-order chi connectivity index (χ0) is 19.9. The predicted molar refractivity (Wildman–Crippen MR) is 112 cm³/mol. The van der Waals surface area contributed by atoms with Crippen molar-refractivity contribution in [1.82, 2.24) is 0 Å². The maximum Gasteiger partial charge on any atom is 0.255 e. The maximum absolute atomic E-state index is 12.6. The molecular weight excluding hydrogens is 352 g/mol. The third kappa shape index (κ3) is 5.59. The van der Waals surface area contributed by atoms with Crippen LogP contribution in [0.15, 0.2) is 48.5 Å². The summed E-state index contributed by atoms with van der Waals surface area (Å²) in [5, 5.41) is 5.87. The Labute approximate surface area is 166 Å². The Balaban J connectivity index is 1.64. The van der Waals surface area contributed by atoms with Gasteiger partial charge in [0.05, 0.1) is 6.10 Å². The minimum atomic E-state index is -0.218.